The summed E-state index contributed by atoms with van der Waals surface area (Å²) in [4.78, 5) is 17.3. The maximum absolute atomic E-state index is 13.0. The second-order valence-electron chi connectivity index (χ2n) is 7.42. The van der Waals surface area contributed by atoms with Crippen molar-refractivity contribution >= 4 is 5.91 Å². The SMILES string of the molecule is CCN1CCN(CCCNC(=O)c2nn(-c3cccc(C(F)(F)F)c3)cc2OC)CC1. The number of aromatic nitrogens is 2. The highest BCUT2D eigenvalue weighted by molar-refractivity contribution is 5.94. The van der Waals surface area contributed by atoms with Gasteiger partial charge in [0.1, 0.15) is 0 Å². The fourth-order valence-corrected chi connectivity index (χ4v) is 3.54. The molecule has 7 nitrogen and oxygen atoms in total. The summed E-state index contributed by atoms with van der Waals surface area (Å²) in [6.45, 7) is 8.78. The van der Waals surface area contributed by atoms with Gasteiger partial charge >= 0.3 is 6.18 Å². The van der Waals surface area contributed by atoms with Crippen LogP contribution in [0.4, 0.5) is 13.2 Å². The van der Waals surface area contributed by atoms with Crippen LogP contribution >= 0.6 is 0 Å². The van der Waals surface area contributed by atoms with Crippen molar-refractivity contribution in [1.82, 2.24) is 24.9 Å². The molecular weight excluding hydrogens is 411 g/mol. The Labute approximate surface area is 179 Å². The minimum Gasteiger partial charge on any atom is -0.493 e. The van der Waals surface area contributed by atoms with Gasteiger partial charge in [-0.2, -0.15) is 18.3 Å². The highest BCUT2D eigenvalue weighted by Gasteiger charge is 2.30. The van der Waals surface area contributed by atoms with Gasteiger partial charge in [0.05, 0.1) is 24.6 Å². The number of carbonyl (C=O) groups is 1. The van der Waals surface area contributed by atoms with E-state index in [4.69, 9.17) is 4.74 Å². The number of rotatable bonds is 8. The maximum atomic E-state index is 13.0. The van der Waals surface area contributed by atoms with Crippen LogP contribution in [0.15, 0.2) is 30.5 Å². The molecule has 1 saturated heterocycles. The normalized spacial score (nSPS) is 15.8. The number of carbonyl (C=O) groups excluding carboxylic acids is 1. The van der Waals surface area contributed by atoms with E-state index in [0.29, 0.717) is 6.54 Å². The summed E-state index contributed by atoms with van der Waals surface area (Å²) < 4.78 is 45.4. The molecule has 0 aliphatic carbocycles. The van der Waals surface area contributed by atoms with E-state index in [1.807, 2.05) is 0 Å². The lowest BCUT2D eigenvalue weighted by Crippen LogP contribution is -2.46. The Morgan fingerprint density at radius 3 is 2.55 bits per heavy atom. The Bertz CT molecular complexity index is 876. The largest absolute Gasteiger partial charge is 0.493 e. The third-order valence-corrected chi connectivity index (χ3v) is 5.40. The van der Waals surface area contributed by atoms with Gasteiger partial charge in [-0.15, -0.1) is 0 Å². The number of nitrogens with one attached hydrogen (secondary N) is 1. The maximum Gasteiger partial charge on any atom is 0.416 e. The minimum atomic E-state index is -4.46. The molecule has 31 heavy (non-hydrogen) atoms. The molecule has 0 atom stereocenters. The van der Waals surface area contributed by atoms with E-state index < -0.39 is 17.6 Å². The van der Waals surface area contributed by atoms with Gasteiger partial charge in [0, 0.05) is 32.7 Å². The molecule has 2 aromatic rings. The van der Waals surface area contributed by atoms with Crippen molar-refractivity contribution in [3.05, 3.63) is 41.7 Å². The number of alkyl halides is 3. The van der Waals surface area contributed by atoms with E-state index in [1.165, 1.54) is 30.1 Å². The molecule has 1 amide bonds. The van der Waals surface area contributed by atoms with Crippen LogP contribution in [-0.2, 0) is 6.18 Å². The zero-order valence-electron chi connectivity index (χ0n) is 17.8. The Kier molecular flexibility index (Phi) is 7.55. The number of ether oxygens (including phenoxy) is 1. The van der Waals surface area contributed by atoms with Gasteiger partial charge in [-0.3, -0.25) is 4.79 Å². The molecule has 0 spiro atoms. The first-order valence-electron chi connectivity index (χ1n) is 10.4. The van der Waals surface area contributed by atoms with Crippen LogP contribution in [0.25, 0.3) is 5.69 Å². The molecule has 1 aromatic heterocycles. The van der Waals surface area contributed by atoms with Gasteiger partial charge < -0.3 is 19.9 Å². The minimum absolute atomic E-state index is 0.0384. The highest BCUT2D eigenvalue weighted by atomic mass is 19.4. The van der Waals surface area contributed by atoms with Gasteiger partial charge in [0.15, 0.2) is 11.4 Å². The summed E-state index contributed by atoms with van der Waals surface area (Å²) >= 11 is 0. The first kappa shape index (κ1) is 23.1. The Balaban J connectivity index is 1.57. The van der Waals surface area contributed by atoms with Crippen LogP contribution in [0, 0.1) is 0 Å². The molecule has 0 bridgehead atoms. The standard InChI is InChI=1S/C21H28F3N5O2/c1-3-27-10-12-28(13-11-27)9-5-8-25-20(30)19-18(31-2)15-29(26-19)17-7-4-6-16(14-17)21(22,23)24/h4,6-7,14-15H,3,5,8-13H2,1-2H3,(H,25,30). The Morgan fingerprint density at radius 2 is 1.90 bits per heavy atom. The van der Waals surface area contributed by atoms with Crippen molar-refractivity contribution in [3.63, 3.8) is 0 Å². The van der Waals surface area contributed by atoms with Gasteiger partial charge in [0.2, 0.25) is 0 Å². The van der Waals surface area contributed by atoms with Crippen molar-refractivity contribution in [2.45, 2.75) is 19.5 Å². The van der Waals surface area contributed by atoms with Crippen molar-refractivity contribution < 1.29 is 22.7 Å². The molecule has 1 N–H and O–H groups in total. The second kappa shape index (κ2) is 10.1. The zero-order valence-corrected chi connectivity index (χ0v) is 17.8. The summed E-state index contributed by atoms with van der Waals surface area (Å²) in [6.07, 6.45) is -2.26. The average molecular weight is 439 g/mol. The monoisotopic (exact) mass is 439 g/mol. The van der Waals surface area contributed by atoms with Crippen LogP contribution < -0.4 is 10.1 Å². The third kappa shape index (κ3) is 5.98. The molecule has 170 valence electrons. The quantitative estimate of drug-likeness (QED) is 0.641. The molecule has 1 aliphatic rings. The lowest BCUT2D eigenvalue weighted by molar-refractivity contribution is -0.137. The van der Waals surface area contributed by atoms with E-state index in [0.717, 1.165) is 57.8 Å². The van der Waals surface area contributed by atoms with E-state index in [2.05, 4.69) is 27.1 Å². The van der Waals surface area contributed by atoms with Gasteiger partial charge in [-0.05, 0) is 37.7 Å². The van der Waals surface area contributed by atoms with Crippen LogP contribution in [0.2, 0.25) is 0 Å². The molecule has 1 fully saturated rings. The van der Waals surface area contributed by atoms with Crippen molar-refractivity contribution in [2.24, 2.45) is 0 Å². The molecule has 0 unspecified atom stereocenters. The van der Waals surface area contributed by atoms with Gasteiger partial charge in [-0.25, -0.2) is 4.68 Å². The molecule has 2 heterocycles. The third-order valence-electron chi connectivity index (χ3n) is 5.40. The summed E-state index contributed by atoms with van der Waals surface area (Å²) in [6, 6.07) is 4.75. The summed E-state index contributed by atoms with van der Waals surface area (Å²) in [7, 11) is 1.39. The number of halogens is 3. The average Bonchev–Trinajstić information content (AvgIpc) is 3.21. The first-order chi connectivity index (χ1) is 14.8. The molecule has 10 heteroatoms. The number of benzene rings is 1. The van der Waals surface area contributed by atoms with Crippen LogP contribution in [0.1, 0.15) is 29.4 Å². The second-order valence-corrected chi connectivity index (χ2v) is 7.42. The van der Waals surface area contributed by atoms with Gasteiger partial charge in [0.25, 0.3) is 5.91 Å². The van der Waals surface area contributed by atoms with E-state index in [-0.39, 0.29) is 17.1 Å². The van der Waals surface area contributed by atoms with Crippen molar-refractivity contribution in [3.8, 4) is 11.4 Å². The topological polar surface area (TPSA) is 62.6 Å². The number of nitrogens with zero attached hydrogens (tertiary/aromatic N) is 4. The van der Waals surface area contributed by atoms with Crippen molar-refractivity contribution in [1.29, 1.82) is 0 Å². The van der Waals surface area contributed by atoms with Gasteiger partial charge in [-0.1, -0.05) is 13.0 Å². The van der Waals surface area contributed by atoms with E-state index in [1.54, 1.807) is 0 Å². The lowest BCUT2D eigenvalue weighted by atomic mass is 10.2. The molecule has 0 radical (unpaired) electrons. The fourth-order valence-electron chi connectivity index (χ4n) is 3.54. The van der Waals surface area contributed by atoms with E-state index in [9.17, 15) is 18.0 Å². The number of hydrogen-bond acceptors (Lipinski definition) is 5. The smallest absolute Gasteiger partial charge is 0.416 e. The number of likely N-dealkylation sites (N-methyl/N-ethyl adjacent to an activating group) is 1. The molecular formula is C21H28F3N5O2. The van der Waals surface area contributed by atoms with Crippen LogP contribution in [0.5, 0.6) is 5.75 Å². The lowest BCUT2D eigenvalue weighted by Gasteiger charge is -2.33. The molecule has 3 rings (SSSR count). The Hall–Kier alpha value is -2.59. The Morgan fingerprint density at radius 1 is 1.19 bits per heavy atom. The number of piperazine rings is 1. The number of hydrogen-bond donors (Lipinski definition) is 1. The predicted octanol–water partition coefficient (Wildman–Crippen LogP) is 2.66. The van der Waals surface area contributed by atoms with Crippen LogP contribution in [-0.4, -0.2) is 78.4 Å². The first-order valence-corrected chi connectivity index (χ1v) is 10.4. The summed E-state index contributed by atoms with van der Waals surface area (Å²) in [5.74, 6) is -0.219. The summed E-state index contributed by atoms with van der Waals surface area (Å²) in [5, 5.41) is 6.98. The molecule has 1 aromatic carbocycles. The van der Waals surface area contributed by atoms with Crippen LogP contribution in [0.3, 0.4) is 0 Å². The molecule has 0 saturated carbocycles. The van der Waals surface area contributed by atoms with Crippen molar-refractivity contribution in [2.75, 3.05) is 52.9 Å². The number of amides is 1. The predicted molar refractivity (Wildman–Crippen MR) is 111 cm³/mol. The summed E-state index contributed by atoms with van der Waals surface area (Å²) in [5.41, 5.74) is -0.555. The van der Waals surface area contributed by atoms with E-state index >= 15 is 0 Å². The molecule has 1 aliphatic heterocycles. The highest BCUT2D eigenvalue weighted by Crippen LogP contribution is 2.30. The number of methoxy groups -OCH3 is 1. The fraction of sp³-hybridized carbons (Fsp3) is 0.524. The zero-order chi connectivity index (χ0) is 22.4.